The van der Waals surface area contributed by atoms with E-state index in [-0.39, 0.29) is 0 Å². The zero-order valence-corrected chi connectivity index (χ0v) is 23.7. The monoisotopic (exact) mass is 613 g/mol. The molecule has 0 aliphatic rings. The van der Waals surface area contributed by atoms with Crippen LogP contribution in [-0.4, -0.2) is 78.6 Å². The third-order valence-electron chi connectivity index (χ3n) is 5.48. The number of urea groups is 1. The van der Waals surface area contributed by atoms with Gasteiger partial charge in [0.15, 0.2) is 0 Å². The van der Waals surface area contributed by atoms with Crippen LogP contribution in [0.5, 0.6) is 5.75 Å². The number of nitrogens with one attached hydrogen (secondary N) is 2. The van der Waals surface area contributed by atoms with Gasteiger partial charge in [-0.05, 0) is 52.3 Å². The largest absolute Gasteiger partial charge is 0.490 e. The minimum absolute atomic E-state index is 0.374. The predicted octanol–water partition coefficient (Wildman–Crippen LogP) is 3.82. The fourth-order valence-electron chi connectivity index (χ4n) is 3.61. The Morgan fingerprint density at radius 3 is 2.25 bits per heavy atom. The standard InChI is InChI=1S/C27H32BrN7O5/c1-35-18-19(16-31-35)25-17-30-23-4-2-21(15-24(23)34-25)33-27(36)32-20-3-5-26(22(28)14-20)40-13-12-39-11-10-38-9-8-37-7-6-29/h2-5,14-18H,6-13,29H2,1H3,(H2,32,33,36). The van der Waals surface area contributed by atoms with E-state index in [9.17, 15) is 4.79 Å². The van der Waals surface area contributed by atoms with Gasteiger partial charge in [-0.15, -0.1) is 0 Å². The topological polar surface area (TPSA) is 148 Å². The summed E-state index contributed by atoms with van der Waals surface area (Å²) in [4.78, 5) is 21.8. The van der Waals surface area contributed by atoms with Gasteiger partial charge in [0.05, 0.1) is 73.2 Å². The molecule has 0 atom stereocenters. The maximum absolute atomic E-state index is 12.6. The van der Waals surface area contributed by atoms with Crippen LogP contribution in [0.25, 0.3) is 22.3 Å². The molecule has 4 rings (SSSR count). The number of benzene rings is 2. The molecular weight excluding hydrogens is 582 g/mol. The number of hydrogen-bond donors (Lipinski definition) is 3. The Bertz CT molecular complexity index is 1400. The van der Waals surface area contributed by atoms with E-state index in [0.717, 1.165) is 11.1 Å². The fourth-order valence-corrected chi connectivity index (χ4v) is 4.10. The zero-order valence-electron chi connectivity index (χ0n) is 22.1. The van der Waals surface area contributed by atoms with E-state index in [2.05, 4.69) is 41.6 Å². The number of ether oxygens (including phenoxy) is 4. The van der Waals surface area contributed by atoms with E-state index in [0.29, 0.717) is 85.6 Å². The Hall–Kier alpha value is -3.62. The van der Waals surface area contributed by atoms with Crippen LogP contribution in [0.15, 0.2) is 59.5 Å². The second kappa shape index (κ2) is 15.2. The molecule has 13 heteroatoms. The Labute approximate surface area is 240 Å². The number of carbonyl (C=O) groups excluding carboxylic acids is 1. The van der Waals surface area contributed by atoms with Gasteiger partial charge >= 0.3 is 6.03 Å². The molecule has 0 radical (unpaired) electrons. The van der Waals surface area contributed by atoms with Crippen molar-refractivity contribution in [1.29, 1.82) is 0 Å². The predicted molar refractivity (Wildman–Crippen MR) is 156 cm³/mol. The SMILES string of the molecule is Cn1cc(-c2cnc3ccc(NC(=O)Nc4ccc(OCCOCCOCCOCCN)c(Br)c4)cc3n2)cn1. The summed E-state index contributed by atoms with van der Waals surface area (Å²) in [6.45, 7) is 3.81. The van der Waals surface area contributed by atoms with Crippen molar-refractivity contribution in [3.63, 3.8) is 0 Å². The highest BCUT2D eigenvalue weighted by Crippen LogP contribution is 2.28. The number of anilines is 2. The minimum Gasteiger partial charge on any atom is -0.490 e. The summed E-state index contributed by atoms with van der Waals surface area (Å²) < 4.78 is 24.3. The second-order valence-corrected chi connectivity index (χ2v) is 9.41. The van der Waals surface area contributed by atoms with E-state index in [1.807, 2.05) is 19.3 Å². The van der Waals surface area contributed by atoms with E-state index in [4.69, 9.17) is 24.7 Å². The fraction of sp³-hybridized carbons (Fsp3) is 0.333. The van der Waals surface area contributed by atoms with Gasteiger partial charge in [-0.2, -0.15) is 5.10 Å². The van der Waals surface area contributed by atoms with Gasteiger partial charge in [-0.3, -0.25) is 9.67 Å². The van der Waals surface area contributed by atoms with Crippen LogP contribution >= 0.6 is 15.9 Å². The number of amides is 2. The summed E-state index contributed by atoms with van der Waals surface area (Å²) in [6, 6.07) is 10.3. The summed E-state index contributed by atoms with van der Waals surface area (Å²) in [5.41, 5.74) is 9.49. The van der Waals surface area contributed by atoms with Crippen molar-refractivity contribution in [1.82, 2.24) is 19.7 Å². The van der Waals surface area contributed by atoms with Crippen molar-refractivity contribution in [2.24, 2.45) is 12.8 Å². The molecule has 0 bridgehead atoms. The molecule has 0 fully saturated rings. The van der Waals surface area contributed by atoms with E-state index >= 15 is 0 Å². The highest BCUT2D eigenvalue weighted by Gasteiger charge is 2.09. The molecule has 2 amide bonds. The third kappa shape index (κ3) is 8.96. The quantitative estimate of drug-likeness (QED) is 0.170. The molecule has 12 nitrogen and oxygen atoms in total. The van der Waals surface area contributed by atoms with Gasteiger partial charge in [-0.25, -0.2) is 9.78 Å². The number of nitrogens with two attached hydrogens (primary N) is 1. The van der Waals surface area contributed by atoms with Crippen LogP contribution in [0.3, 0.4) is 0 Å². The molecule has 0 unspecified atom stereocenters. The first-order valence-corrected chi connectivity index (χ1v) is 13.5. The Kier molecular flexibility index (Phi) is 11.2. The number of aromatic nitrogens is 4. The molecule has 40 heavy (non-hydrogen) atoms. The van der Waals surface area contributed by atoms with Gasteiger partial charge in [0, 0.05) is 36.7 Å². The molecule has 4 N–H and O–H groups in total. The first-order valence-electron chi connectivity index (χ1n) is 12.7. The molecule has 2 heterocycles. The summed E-state index contributed by atoms with van der Waals surface area (Å²) in [5.74, 6) is 0.639. The lowest BCUT2D eigenvalue weighted by Crippen LogP contribution is -2.19. The van der Waals surface area contributed by atoms with Crippen LogP contribution in [-0.2, 0) is 21.3 Å². The van der Waals surface area contributed by atoms with Crippen molar-refractivity contribution in [2.45, 2.75) is 0 Å². The molecule has 0 saturated carbocycles. The third-order valence-corrected chi connectivity index (χ3v) is 6.10. The van der Waals surface area contributed by atoms with Crippen molar-refractivity contribution in [2.75, 3.05) is 63.4 Å². The average molecular weight is 615 g/mol. The number of nitrogens with zero attached hydrogens (tertiary/aromatic N) is 4. The Morgan fingerprint density at radius 1 is 0.900 bits per heavy atom. The summed E-state index contributed by atoms with van der Waals surface area (Å²) >= 11 is 3.49. The van der Waals surface area contributed by atoms with Gasteiger partial charge < -0.3 is 35.3 Å². The van der Waals surface area contributed by atoms with Crippen molar-refractivity contribution < 1.29 is 23.7 Å². The van der Waals surface area contributed by atoms with Crippen LogP contribution < -0.4 is 21.1 Å². The average Bonchev–Trinajstić information content (AvgIpc) is 3.38. The highest BCUT2D eigenvalue weighted by molar-refractivity contribution is 9.10. The molecular formula is C27H32BrN7O5. The highest BCUT2D eigenvalue weighted by atomic mass is 79.9. The normalized spacial score (nSPS) is 11.1. The number of hydrogen-bond acceptors (Lipinski definition) is 9. The number of halogens is 1. The smallest absolute Gasteiger partial charge is 0.323 e. The van der Waals surface area contributed by atoms with E-state index in [1.54, 1.807) is 47.4 Å². The maximum Gasteiger partial charge on any atom is 0.323 e. The van der Waals surface area contributed by atoms with Crippen LogP contribution in [0, 0.1) is 0 Å². The van der Waals surface area contributed by atoms with Crippen LogP contribution in [0.2, 0.25) is 0 Å². The van der Waals surface area contributed by atoms with Gasteiger partial charge in [0.1, 0.15) is 12.4 Å². The zero-order chi connectivity index (χ0) is 28.2. The molecule has 2 aromatic heterocycles. The Morgan fingerprint density at radius 2 is 1.57 bits per heavy atom. The first kappa shape index (κ1) is 29.4. The van der Waals surface area contributed by atoms with Crippen LogP contribution in [0.4, 0.5) is 16.2 Å². The summed E-state index contributed by atoms with van der Waals surface area (Å²) in [5, 5.41) is 9.84. The first-order chi connectivity index (χ1) is 19.5. The second-order valence-electron chi connectivity index (χ2n) is 8.56. The van der Waals surface area contributed by atoms with Gasteiger partial charge in [0.25, 0.3) is 0 Å². The Balaban J connectivity index is 1.21. The molecule has 0 aliphatic carbocycles. The van der Waals surface area contributed by atoms with Crippen molar-refractivity contribution in [3.05, 3.63) is 59.5 Å². The molecule has 0 spiro atoms. The lowest BCUT2D eigenvalue weighted by Gasteiger charge is -2.12. The van der Waals surface area contributed by atoms with Gasteiger partial charge in [0.2, 0.25) is 0 Å². The minimum atomic E-state index is -0.391. The number of rotatable bonds is 15. The summed E-state index contributed by atoms with van der Waals surface area (Å²) in [7, 11) is 1.84. The molecule has 0 saturated heterocycles. The van der Waals surface area contributed by atoms with Crippen molar-refractivity contribution in [3.8, 4) is 17.0 Å². The number of aryl methyl sites for hydroxylation is 1. The number of carbonyl (C=O) groups is 1. The lowest BCUT2D eigenvalue weighted by atomic mass is 10.2. The lowest BCUT2D eigenvalue weighted by molar-refractivity contribution is 0.0105. The van der Waals surface area contributed by atoms with E-state index in [1.165, 1.54) is 0 Å². The molecule has 212 valence electrons. The molecule has 0 aliphatic heterocycles. The maximum atomic E-state index is 12.6. The summed E-state index contributed by atoms with van der Waals surface area (Å²) in [6.07, 6.45) is 5.31. The molecule has 2 aromatic carbocycles. The van der Waals surface area contributed by atoms with Gasteiger partial charge in [-0.1, -0.05) is 0 Å². The van der Waals surface area contributed by atoms with E-state index < -0.39 is 6.03 Å². The van der Waals surface area contributed by atoms with Crippen molar-refractivity contribution >= 4 is 44.4 Å². The van der Waals surface area contributed by atoms with Crippen LogP contribution in [0.1, 0.15) is 0 Å². The molecule has 4 aromatic rings. The number of fused-ring (bicyclic) bond motifs is 1.